The zero-order chi connectivity index (χ0) is 17.9. The molecule has 0 aliphatic rings. The van der Waals surface area contributed by atoms with E-state index < -0.39 is 10.8 Å². The average molecular weight is 355 g/mol. The van der Waals surface area contributed by atoms with Crippen LogP contribution in [0.4, 0.5) is 11.5 Å². The first kappa shape index (κ1) is 17.5. The van der Waals surface area contributed by atoms with Gasteiger partial charge in [-0.25, -0.2) is 0 Å². The lowest BCUT2D eigenvalue weighted by Gasteiger charge is -2.13. The molecule has 0 unspecified atom stereocenters. The number of anilines is 1. The SMILES string of the molecule is COc1cc(OC)c(NC(=O)Cn2cc([N+](=O)[O-])nc2C)cc1Cl. The van der Waals surface area contributed by atoms with Crippen LogP contribution in [-0.2, 0) is 11.3 Å². The van der Waals surface area contributed by atoms with Crippen LogP contribution in [0.5, 0.6) is 11.5 Å². The van der Waals surface area contributed by atoms with Gasteiger partial charge in [0.2, 0.25) is 11.7 Å². The minimum Gasteiger partial charge on any atom is -0.495 e. The zero-order valence-corrected chi connectivity index (χ0v) is 14.0. The summed E-state index contributed by atoms with van der Waals surface area (Å²) in [6.45, 7) is 1.44. The minimum atomic E-state index is -0.617. The zero-order valence-electron chi connectivity index (χ0n) is 13.2. The Labute approximate surface area is 142 Å². The summed E-state index contributed by atoms with van der Waals surface area (Å²) in [5.74, 6) is 0.414. The molecule has 0 atom stereocenters. The highest BCUT2D eigenvalue weighted by atomic mass is 35.5. The molecule has 2 aromatic rings. The van der Waals surface area contributed by atoms with Gasteiger partial charge in [-0.3, -0.25) is 9.36 Å². The maximum Gasteiger partial charge on any atom is 0.381 e. The van der Waals surface area contributed by atoms with Crippen molar-refractivity contribution in [1.29, 1.82) is 0 Å². The van der Waals surface area contributed by atoms with E-state index in [0.717, 1.165) is 0 Å². The first-order chi connectivity index (χ1) is 11.3. The number of methoxy groups -OCH3 is 2. The van der Waals surface area contributed by atoms with Gasteiger partial charge in [0.25, 0.3) is 0 Å². The second kappa shape index (κ2) is 7.18. The van der Waals surface area contributed by atoms with Gasteiger partial charge >= 0.3 is 5.82 Å². The molecule has 128 valence electrons. The van der Waals surface area contributed by atoms with Crippen molar-refractivity contribution >= 4 is 29.0 Å². The number of carbonyl (C=O) groups is 1. The van der Waals surface area contributed by atoms with Gasteiger partial charge in [-0.2, -0.15) is 0 Å². The number of rotatable bonds is 6. The number of carbonyl (C=O) groups excluding carboxylic acids is 1. The van der Waals surface area contributed by atoms with Crippen LogP contribution in [0, 0.1) is 17.0 Å². The molecule has 0 aliphatic heterocycles. The summed E-state index contributed by atoms with van der Waals surface area (Å²) in [6, 6.07) is 3.05. The Bertz CT molecular complexity index is 790. The van der Waals surface area contributed by atoms with Crippen molar-refractivity contribution in [2.24, 2.45) is 0 Å². The smallest absolute Gasteiger partial charge is 0.381 e. The number of hydrogen-bond acceptors (Lipinski definition) is 6. The Morgan fingerprint density at radius 1 is 1.38 bits per heavy atom. The normalized spacial score (nSPS) is 10.3. The predicted molar refractivity (Wildman–Crippen MR) is 86.8 cm³/mol. The lowest BCUT2D eigenvalue weighted by atomic mass is 10.2. The van der Waals surface area contributed by atoms with Crippen molar-refractivity contribution in [3.63, 3.8) is 0 Å². The van der Waals surface area contributed by atoms with E-state index in [1.165, 1.54) is 31.0 Å². The van der Waals surface area contributed by atoms with Gasteiger partial charge < -0.3 is 24.9 Å². The molecule has 1 aromatic carbocycles. The van der Waals surface area contributed by atoms with Crippen LogP contribution >= 0.6 is 11.6 Å². The summed E-state index contributed by atoms with van der Waals surface area (Å²) >= 11 is 6.04. The molecule has 0 aliphatic carbocycles. The number of aryl methyl sites for hydroxylation is 1. The third kappa shape index (κ3) is 3.74. The third-order valence-electron chi connectivity index (χ3n) is 3.21. The molecule has 0 saturated carbocycles. The van der Waals surface area contributed by atoms with Crippen LogP contribution in [0.15, 0.2) is 18.3 Å². The number of amides is 1. The van der Waals surface area contributed by atoms with Crippen LogP contribution in [0.1, 0.15) is 5.82 Å². The molecule has 0 radical (unpaired) electrons. The fraction of sp³-hybridized carbons (Fsp3) is 0.286. The molecule has 0 fully saturated rings. The topological polar surface area (TPSA) is 109 Å². The second-order valence-corrected chi connectivity index (χ2v) is 5.17. The van der Waals surface area contributed by atoms with Crippen molar-refractivity contribution < 1.29 is 19.2 Å². The van der Waals surface area contributed by atoms with Crippen LogP contribution in [0.2, 0.25) is 5.02 Å². The van der Waals surface area contributed by atoms with Crippen LogP contribution in [0.25, 0.3) is 0 Å². The van der Waals surface area contributed by atoms with Gasteiger partial charge in [0.15, 0.2) is 0 Å². The summed E-state index contributed by atoms with van der Waals surface area (Å²) in [5.41, 5.74) is 0.362. The van der Waals surface area contributed by atoms with E-state index in [1.54, 1.807) is 13.0 Å². The molecule has 0 saturated heterocycles. The van der Waals surface area contributed by atoms with Gasteiger partial charge in [0, 0.05) is 13.0 Å². The van der Waals surface area contributed by atoms with Crippen molar-refractivity contribution in [1.82, 2.24) is 9.55 Å². The highest BCUT2D eigenvalue weighted by Crippen LogP contribution is 2.35. The molecule has 10 heteroatoms. The quantitative estimate of drug-likeness (QED) is 0.630. The maximum absolute atomic E-state index is 12.2. The number of aromatic nitrogens is 2. The van der Waals surface area contributed by atoms with Crippen molar-refractivity contribution in [2.75, 3.05) is 19.5 Å². The summed E-state index contributed by atoms with van der Waals surface area (Å²) in [4.78, 5) is 26.0. The van der Waals surface area contributed by atoms with Crippen molar-refractivity contribution in [3.8, 4) is 11.5 Å². The molecule has 24 heavy (non-hydrogen) atoms. The third-order valence-corrected chi connectivity index (χ3v) is 3.51. The summed E-state index contributed by atoms with van der Waals surface area (Å²) in [6.07, 6.45) is 1.20. The summed E-state index contributed by atoms with van der Waals surface area (Å²) in [7, 11) is 2.91. The van der Waals surface area contributed by atoms with E-state index >= 15 is 0 Å². The monoisotopic (exact) mass is 354 g/mol. The minimum absolute atomic E-state index is 0.139. The first-order valence-corrected chi connectivity index (χ1v) is 7.13. The number of nitrogens with zero attached hydrogens (tertiary/aromatic N) is 3. The van der Waals surface area contributed by atoms with Gasteiger partial charge in [-0.15, -0.1) is 0 Å². The fourth-order valence-corrected chi connectivity index (χ4v) is 2.28. The second-order valence-electron chi connectivity index (χ2n) is 4.77. The van der Waals surface area contributed by atoms with Crippen LogP contribution in [-0.4, -0.2) is 34.6 Å². The standard InChI is InChI=1S/C14H15ClN4O5/c1-8-16-13(19(21)22)6-18(8)7-14(20)17-10-4-9(15)11(23-2)5-12(10)24-3/h4-6H,7H2,1-3H3,(H,17,20). The van der Waals surface area contributed by atoms with E-state index in [9.17, 15) is 14.9 Å². The molecule has 9 nitrogen and oxygen atoms in total. The van der Waals surface area contributed by atoms with Crippen LogP contribution in [0.3, 0.4) is 0 Å². The summed E-state index contributed by atoms with van der Waals surface area (Å²) < 4.78 is 11.7. The Kier molecular flexibility index (Phi) is 5.24. The molecule has 0 bridgehead atoms. The molecular formula is C14H15ClN4O5. The maximum atomic E-state index is 12.2. The number of nitro groups is 1. The molecule has 0 spiro atoms. The number of imidazole rings is 1. The average Bonchev–Trinajstić information content (AvgIpc) is 2.89. The van der Waals surface area contributed by atoms with Crippen molar-refractivity contribution in [3.05, 3.63) is 39.3 Å². The molecule has 1 N–H and O–H groups in total. The van der Waals surface area contributed by atoms with Crippen LogP contribution < -0.4 is 14.8 Å². The Morgan fingerprint density at radius 2 is 2.04 bits per heavy atom. The molecular weight excluding hydrogens is 340 g/mol. The van der Waals surface area contributed by atoms with E-state index in [0.29, 0.717) is 28.0 Å². The van der Waals surface area contributed by atoms with E-state index in [4.69, 9.17) is 21.1 Å². The Morgan fingerprint density at radius 3 is 2.58 bits per heavy atom. The largest absolute Gasteiger partial charge is 0.495 e. The van der Waals surface area contributed by atoms with E-state index in [2.05, 4.69) is 10.3 Å². The van der Waals surface area contributed by atoms with E-state index in [1.807, 2.05) is 0 Å². The van der Waals surface area contributed by atoms with Gasteiger partial charge in [-0.1, -0.05) is 11.6 Å². The number of halogens is 1. The van der Waals surface area contributed by atoms with E-state index in [-0.39, 0.29) is 12.4 Å². The first-order valence-electron chi connectivity index (χ1n) is 6.75. The lowest BCUT2D eigenvalue weighted by molar-refractivity contribution is -0.389. The highest BCUT2D eigenvalue weighted by Gasteiger charge is 2.18. The highest BCUT2D eigenvalue weighted by molar-refractivity contribution is 6.32. The Balaban J connectivity index is 2.18. The van der Waals surface area contributed by atoms with Gasteiger partial charge in [-0.05, 0) is 16.0 Å². The molecule has 1 amide bonds. The van der Waals surface area contributed by atoms with Crippen molar-refractivity contribution in [2.45, 2.75) is 13.5 Å². The Hall–Kier alpha value is -2.81. The van der Waals surface area contributed by atoms with Gasteiger partial charge in [0.1, 0.15) is 24.2 Å². The molecule has 1 aromatic heterocycles. The molecule has 2 rings (SSSR count). The predicted octanol–water partition coefficient (Wildman–Crippen LogP) is 2.41. The number of benzene rings is 1. The van der Waals surface area contributed by atoms with Gasteiger partial charge in [0.05, 0.1) is 24.9 Å². The number of ether oxygens (including phenoxy) is 2. The summed E-state index contributed by atoms with van der Waals surface area (Å²) in [5, 5.41) is 13.7. The fourth-order valence-electron chi connectivity index (χ4n) is 2.04. The number of nitrogens with one attached hydrogen (secondary N) is 1. The number of hydrogen-bond donors (Lipinski definition) is 1. The lowest BCUT2D eigenvalue weighted by Crippen LogP contribution is -2.19. The molecule has 1 heterocycles.